The highest BCUT2D eigenvalue weighted by atomic mass is 19.4. The highest BCUT2D eigenvalue weighted by Gasteiger charge is 2.38. The second-order valence-corrected chi connectivity index (χ2v) is 3.93. The van der Waals surface area contributed by atoms with E-state index in [9.17, 15) is 23.3 Å². The molecule has 0 fully saturated rings. The molecule has 20 heavy (non-hydrogen) atoms. The number of aliphatic hydroxyl groups excluding tert-OH is 1. The normalized spacial score (nSPS) is 12.8. The van der Waals surface area contributed by atoms with Crippen LogP contribution in [0.3, 0.4) is 0 Å². The van der Waals surface area contributed by atoms with Crippen molar-refractivity contribution in [1.82, 2.24) is 0 Å². The molecule has 0 bridgehead atoms. The quantitative estimate of drug-likeness (QED) is 0.553. The summed E-state index contributed by atoms with van der Waals surface area (Å²) >= 11 is 0. The van der Waals surface area contributed by atoms with Crippen LogP contribution in [0.4, 0.5) is 30.2 Å². The third-order valence-electron chi connectivity index (χ3n) is 2.45. The van der Waals surface area contributed by atoms with Gasteiger partial charge in [0.05, 0.1) is 4.92 Å². The first-order valence-electron chi connectivity index (χ1n) is 5.77. The van der Waals surface area contributed by atoms with Crippen LogP contribution in [0.25, 0.3) is 0 Å². The largest absolute Gasteiger partial charge is 0.416 e. The lowest BCUT2D eigenvalue weighted by atomic mass is 10.2. The summed E-state index contributed by atoms with van der Waals surface area (Å²) in [6, 6.07) is 4.20. The Bertz CT molecular complexity index is 480. The summed E-state index contributed by atoms with van der Waals surface area (Å²) in [6.07, 6.45) is -7.37. The summed E-state index contributed by atoms with van der Waals surface area (Å²) in [6.45, 7) is 1.30. The average Bonchev–Trinajstić information content (AvgIpc) is 2.34. The van der Waals surface area contributed by atoms with Gasteiger partial charge in [-0.3, -0.25) is 10.1 Å². The number of hydrogen-bond acceptors (Lipinski definition) is 5. The van der Waals surface area contributed by atoms with Gasteiger partial charge in [-0.25, -0.2) is 0 Å². The molecule has 1 aromatic rings. The van der Waals surface area contributed by atoms with Crippen molar-refractivity contribution in [3.63, 3.8) is 0 Å². The van der Waals surface area contributed by atoms with Gasteiger partial charge in [0.2, 0.25) is 0 Å². The van der Waals surface area contributed by atoms with E-state index in [4.69, 9.17) is 5.11 Å². The molecular formula is C11H14F3N3O3. The van der Waals surface area contributed by atoms with E-state index in [1.54, 1.807) is 6.92 Å². The van der Waals surface area contributed by atoms with Gasteiger partial charge in [-0.1, -0.05) is 6.07 Å². The van der Waals surface area contributed by atoms with E-state index in [-0.39, 0.29) is 17.1 Å². The number of hydrogen-bond donors (Lipinski definition) is 3. The fraction of sp³-hybridized carbons (Fsp3) is 0.455. The Morgan fingerprint density at radius 1 is 1.35 bits per heavy atom. The van der Waals surface area contributed by atoms with Crippen LogP contribution < -0.4 is 10.6 Å². The second-order valence-electron chi connectivity index (χ2n) is 3.93. The lowest BCUT2D eigenvalue weighted by Crippen LogP contribution is -2.35. The van der Waals surface area contributed by atoms with E-state index in [0.29, 0.717) is 6.54 Å². The van der Waals surface area contributed by atoms with Crippen molar-refractivity contribution in [2.24, 2.45) is 0 Å². The molecule has 0 spiro atoms. The lowest BCUT2D eigenvalue weighted by Gasteiger charge is -2.16. The van der Waals surface area contributed by atoms with Crippen LogP contribution in [0, 0.1) is 10.1 Å². The number of nitrogens with one attached hydrogen (secondary N) is 2. The maximum absolute atomic E-state index is 12.2. The summed E-state index contributed by atoms with van der Waals surface area (Å²) in [7, 11) is 0. The van der Waals surface area contributed by atoms with Gasteiger partial charge in [-0.15, -0.1) is 0 Å². The van der Waals surface area contributed by atoms with Gasteiger partial charge >= 0.3 is 11.9 Å². The number of para-hydroxylation sites is 1. The van der Waals surface area contributed by atoms with E-state index >= 15 is 0 Å². The van der Waals surface area contributed by atoms with Gasteiger partial charge < -0.3 is 15.7 Å². The molecule has 0 aliphatic rings. The zero-order valence-corrected chi connectivity index (χ0v) is 10.6. The minimum Gasteiger partial charge on any atom is -0.382 e. The number of rotatable bonds is 6. The molecule has 0 aromatic heterocycles. The number of aliphatic hydroxyl groups is 1. The Balaban J connectivity index is 2.95. The third-order valence-corrected chi connectivity index (χ3v) is 2.45. The Labute approximate surface area is 112 Å². The summed E-state index contributed by atoms with van der Waals surface area (Å²) in [4.78, 5) is 10.3. The van der Waals surface area contributed by atoms with Crippen molar-refractivity contribution in [2.45, 2.75) is 19.2 Å². The van der Waals surface area contributed by atoms with Crippen LogP contribution >= 0.6 is 0 Å². The molecule has 0 saturated heterocycles. The molecule has 9 heteroatoms. The number of benzene rings is 1. The van der Waals surface area contributed by atoms with Crippen molar-refractivity contribution in [2.75, 3.05) is 23.7 Å². The molecule has 3 N–H and O–H groups in total. The van der Waals surface area contributed by atoms with Crippen LogP contribution in [0.1, 0.15) is 6.92 Å². The second kappa shape index (κ2) is 6.42. The highest BCUT2D eigenvalue weighted by Crippen LogP contribution is 2.33. The highest BCUT2D eigenvalue weighted by molar-refractivity contribution is 5.76. The van der Waals surface area contributed by atoms with Crippen LogP contribution in [-0.4, -0.2) is 35.4 Å². The van der Waals surface area contributed by atoms with E-state index in [0.717, 1.165) is 0 Å². The first-order valence-corrected chi connectivity index (χ1v) is 5.77. The zero-order valence-electron chi connectivity index (χ0n) is 10.6. The van der Waals surface area contributed by atoms with Gasteiger partial charge in [-0.2, -0.15) is 13.2 Å². The van der Waals surface area contributed by atoms with Gasteiger partial charge in [0.1, 0.15) is 11.4 Å². The minimum absolute atomic E-state index is 0.0863. The molecule has 1 atom stereocenters. The van der Waals surface area contributed by atoms with Gasteiger partial charge in [0, 0.05) is 13.1 Å². The molecule has 0 saturated carbocycles. The Morgan fingerprint density at radius 3 is 2.35 bits per heavy atom. The Hall–Kier alpha value is -2.03. The van der Waals surface area contributed by atoms with Crippen molar-refractivity contribution >= 4 is 17.1 Å². The molecule has 1 aromatic carbocycles. The number of nitrogens with zero attached hydrogens (tertiary/aromatic N) is 1. The van der Waals surface area contributed by atoms with Crippen molar-refractivity contribution in [3.8, 4) is 0 Å². The van der Waals surface area contributed by atoms with Crippen molar-refractivity contribution in [1.29, 1.82) is 0 Å². The molecule has 0 aliphatic carbocycles. The SMILES string of the molecule is CCNc1cccc(NCC(O)C(F)(F)F)c1[N+](=O)[O-]. The molecule has 112 valence electrons. The summed E-state index contributed by atoms with van der Waals surface area (Å²) in [5, 5.41) is 24.9. The maximum atomic E-state index is 12.2. The van der Waals surface area contributed by atoms with Crippen LogP contribution in [-0.2, 0) is 0 Å². The van der Waals surface area contributed by atoms with Gasteiger partial charge in [0.15, 0.2) is 6.10 Å². The molecule has 6 nitrogen and oxygen atoms in total. The predicted molar refractivity (Wildman–Crippen MR) is 67.8 cm³/mol. The zero-order chi connectivity index (χ0) is 15.3. The van der Waals surface area contributed by atoms with Gasteiger partial charge in [-0.05, 0) is 19.1 Å². The van der Waals surface area contributed by atoms with Crippen LogP contribution in [0.15, 0.2) is 18.2 Å². The maximum Gasteiger partial charge on any atom is 0.416 e. The first-order chi connectivity index (χ1) is 9.27. The van der Waals surface area contributed by atoms with E-state index < -0.39 is 23.7 Å². The molecular weight excluding hydrogens is 279 g/mol. The first kappa shape index (κ1) is 16.0. The average molecular weight is 293 g/mol. The smallest absolute Gasteiger partial charge is 0.382 e. The molecule has 0 radical (unpaired) electrons. The number of alkyl halides is 3. The molecule has 0 aliphatic heterocycles. The molecule has 1 unspecified atom stereocenters. The fourth-order valence-corrected chi connectivity index (χ4v) is 1.54. The van der Waals surface area contributed by atoms with E-state index in [2.05, 4.69) is 10.6 Å². The molecule has 0 heterocycles. The Morgan fingerprint density at radius 2 is 1.90 bits per heavy atom. The van der Waals surface area contributed by atoms with E-state index in [1.165, 1.54) is 18.2 Å². The number of nitro benzene ring substituents is 1. The standard InChI is InChI=1S/C11H14F3N3O3/c1-2-15-7-4-3-5-8(10(7)17(19)20)16-6-9(18)11(12,13)14/h3-5,9,15-16,18H,2,6H2,1H3. The van der Waals surface area contributed by atoms with E-state index in [1.807, 2.05) is 0 Å². The molecule has 0 amide bonds. The number of anilines is 2. The van der Waals surface area contributed by atoms with Crippen molar-refractivity contribution in [3.05, 3.63) is 28.3 Å². The summed E-state index contributed by atoms with van der Waals surface area (Å²) < 4.78 is 36.5. The third kappa shape index (κ3) is 3.98. The lowest BCUT2D eigenvalue weighted by molar-refractivity contribution is -0.383. The van der Waals surface area contributed by atoms with Crippen LogP contribution in [0.5, 0.6) is 0 Å². The number of nitro groups is 1. The summed E-state index contributed by atoms with van der Waals surface area (Å²) in [5.74, 6) is 0. The topological polar surface area (TPSA) is 87.4 Å². The number of halogens is 3. The Kier molecular flexibility index (Phi) is 5.14. The van der Waals surface area contributed by atoms with Crippen LogP contribution in [0.2, 0.25) is 0 Å². The fourth-order valence-electron chi connectivity index (χ4n) is 1.54. The minimum atomic E-state index is -4.78. The van der Waals surface area contributed by atoms with Crippen molar-refractivity contribution < 1.29 is 23.2 Å². The summed E-state index contributed by atoms with van der Waals surface area (Å²) in [5.41, 5.74) is -0.246. The predicted octanol–water partition coefficient (Wildman–Crippen LogP) is 2.36. The molecule has 1 rings (SSSR count). The monoisotopic (exact) mass is 293 g/mol. The van der Waals surface area contributed by atoms with Gasteiger partial charge in [0.25, 0.3) is 0 Å².